The fourth-order valence-corrected chi connectivity index (χ4v) is 2.42. The Hall–Kier alpha value is -0.370. The lowest BCUT2D eigenvalue weighted by atomic mass is 10.7. The molecule has 0 unspecified atom stereocenters. The van der Waals surface area contributed by atoms with E-state index in [4.69, 9.17) is 16.7 Å². The molecule has 1 rings (SSSR count). The number of nitrogens with two attached hydrogens (primary N) is 1. The van der Waals surface area contributed by atoms with Crippen LogP contribution in [0.3, 0.4) is 0 Å². The lowest BCUT2D eigenvalue weighted by Crippen LogP contribution is -2.17. The highest BCUT2D eigenvalue weighted by Crippen LogP contribution is 2.13. The van der Waals surface area contributed by atoms with Gasteiger partial charge in [0.2, 0.25) is 10.0 Å². The molecule has 78 valence electrons. The van der Waals surface area contributed by atoms with Crippen LogP contribution in [-0.4, -0.2) is 29.9 Å². The average Bonchev–Trinajstić information content (AvgIpc) is 2.06. The molecule has 0 spiro atoms. The van der Waals surface area contributed by atoms with E-state index >= 15 is 0 Å². The number of nitrogens with zero attached hydrogens (tertiary/aromatic N) is 2. The Morgan fingerprint density at radius 2 is 2.00 bits per heavy atom. The number of hydrogen-bond donors (Lipinski definition) is 1. The van der Waals surface area contributed by atoms with Gasteiger partial charge in [-0.15, -0.1) is 0 Å². The zero-order chi connectivity index (χ0) is 10.6. The molecule has 0 saturated heterocycles. The molecule has 8 heteroatoms. The summed E-state index contributed by atoms with van der Waals surface area (Å²) in [6.45, 7) is 0. The van der Waals surface area contributed by atoms with E-state index in [2.05, 4.69) is 9.97 Å². The van der Waals surface area contributed by atoms with Gasteiger partial charge >= 0.3 is 0 Å². The van der Waals surface area contributed by atoms with Crippen molar-refractivity contribution < 1.29 is 8.42 Å². The molecule has 0 aliphatic heterocycles. The van der Waals surface area contributed by atoms with Crippen LogP contribution in [0, 0.1) is 0 Å². The Kier molecular flexibility index (Phi) is 4.11. The summed E-state index contributed by atoms with van der Waals surface area (Å²) in [6.07, 6.45) is 2.90. The normalized spacial score (nSPS) is 11.6. The number of primary sulfonamides is 1. The topological polar surface area (TPSA) is 85.9 Å². The van der Waals surface area contributed by atoms with E-state index in [9.17, 15) is 8.42 Å². The monoisotopic (exact) mass is 253 g/mol. The zero-order valence-corrected chi connectivity index (χ0v) is 9.44. The molecular weight excluding hydrogens is 246 g/mol. The molecule has 1 heterocycles. The highest BCUT2D eigenvalue weighted by molar-refractivity contribution is 8.00. The lowest BCUT2D eigenvalue weighted by Gasteiger charge is -1.98. The Balaban J connectivity index is 2.43. The first kappa shape index (κ1) is 11.7. The third-order valence-corrected chi connectivity index (χ3v) is 3.30. The maximum absolute atomic E-state index is 10.6. The summed E-state index contributed by atoms with van der Waals surface area (Å²) in [5.41, 5.74) is 0. The maximum Gasteiger partial charge on any atom is 0.209 e. The van der Waals surface area contributed by atoms with Crippen molar-refractivity contribution in [2.24, 2.45) is 5.14 Å². The summed E-state index contributed by atoms with van der Waals surface area (Å²) >= 11 is 6.78. The van der Waals surface area contributed by atoms with Crippen molar-refractivity contribution in [2.45, 2.75) is 5.16 Å². The van der Waals surface area contributed by atoms with E-state index in [0.717, 1.165) is 0 Å². The van der Waals surface area contributed by atoms with E-state index in [1.807, 2.05) is 0 Å². The quantitative estimate of drug-likeness (QED) is 0.624. The third kappa shape index (κ3) is 4.75. The molecular formula is C6H8ClN3O2S2. The summed E-state index contributed by atoms with van der Waals surface area (Å²) in [5, 5.41) is 5.75. The smallest absolute Gasteiger partial charge is 0.209 e. The first-order valence-corrected chi connectivity index (χ1v) is 6.66. The second-order valence-electron chi connectivity index (χ2n) is 2.40. The van der Waals surface area contributed by atoms with E-state index in [0.29, 0.717) is 15.9 Å². The Bertz CT molecular complexity index is 392. The van der Waals surface area contributed by atoms with Gasteiger partial charge in [0.15, 0.2) is 5.16 Å². The fourth-order valence-electron chi connectivity index (χ4n) is 0.624. The van der Waals surface area contributed by atoms with Crippen LogP contribution in [0.2, 0.25) is 5.02 Å². The summed E-state index contributed by atoms with van der Waals surface area (Å²) < 4.78 is 21.2. The predicted molar refractivity (Wildman–Crippen MR) is 55.7 cm³/mol. The van der Waals surface area contributed by atoms with Gasteiger partial charge in [-0.1, -0.05) is 23.4 Å². The minimum Gasteiger partial charge on any atom is -0.230 e. The summed E-state index contributed by atoms with van der Waals surface area (Å²) in [4.78, 5) is 7.76. The van der Waals surface area contributed by atoms with Gasteiger partial charge in [0.25, 0.3) is 0 Å². The second kappa shape index (κ2) is 4.92. The van der Waals surface area contributed by atoms with Gasteiger partial charge in [0.1, 0.15) is 0 Å². The predicted octanol–water partition coefficient (Wildman–Crippen LogP) is 0.511. The molecule has 0 saturated carbocycles. The van der Waals surface area contributed by atoms with Gasteiger partial charge in [-0.2, -0.15) is 0 Å². The molecule has 14 heavy (non-hydrogen) atoms. The van der Waals surface area contributed by atoms with Crippen LogP contribution in [0.15, 0.2) is 17.6 Å². The van der Waals surface area contributed by atoms with Gasteiger partial charge in [-0.25, -0.2) is 23.5 Å². The molecule has 0 aliphatic carbocycles. The second-order valence-corrected chi connectivity index (χ2v) is 5.63. The number of thioether (sulfide) groups is 1. The van der Waals surface area contributed by atoms with Gasteiger partial charge < -0.3 is 0 Å². The van der Waals surface area contributed by atoms with Crippen molar-refractivity contribution in [2.75, 3.05) is 11.5 Å². The lowest BCUT2D eigenvalue weighted by molar-refractivity contribution is 0.599. The molecule has 0 aliphatic rings. The highest BCUT2D eigenvalue weighted by Gasteiger charge is 2.04. The molecule has 2 N–H and O–H groups in total. The van der Waals surface area contributed by atoms with Crippen molar-refractivity contribution in [3.05, 3.63) is 17.4 Å². The molecule has 0 radical (unpaired) electrons. The first-order valence-electron chi connectivity index (χ1n) is 3.58. The largest absolute Gasteiger partial charge is 0.230 e. The molecule has 0 fully saturated rings. The van der Waals surface area contributed by atoms with Crippen LogP contribution in [0.5, 0.6) is 0 Å². The minimum absolute atomic E-state index is 0.0936. The van der Waals surface area contributed by atoms with Crippen LogP contribution in [0.25, 0.3) is 0 Å². The van der Waals surface area contributed by atoms with Gasteiger partial charge in [-0.05, 0) is 0 Å². The van der Waals surface area contributed by atoms with Crippen LogP contribution in [0.4, 0.5) is 0 Å². The molecule has 1 aromatic rings. The van der Waals surface area contributed by atoms with Crippen LogP contribution < -0.4 is 5.14 Å². The number of aromatic nitrogens is 2. The molecule has 0 bridgehead atoms. The summed E-state index contributed by atoms with van der Waals surface area (Å²) in [6, 6.07) is 0. The van der Waals surface area contributed by atoms with Crippen molar-refractivity contribution >= 4 is 33.4 Å². The number of sulfonamides is 1. The number of hydrogen-bond acceptors (Lipinski definition) is 5. The van der Waals surface area contributed by atoms with E-state index < -0.39 is 10.0 Å². The SMILES string of the molecule is NS(=O)(=O)CCSc1ncc(Cl)cn1. The van der Waals surface area contributed by atoms with Crippen LogP contribution in [-0.2, 0) is 10.0 Å². The Morgan fingerprint density at radius 3 is 2.50 bits per heavy atom. The number of rotatable bonds is 4. The summed E-state index contributed by atoms with van der Waals surface area (Å²) in [7, 11) is -3.40. The van der Waals surface area contributed by atoms with Gasteiger partial charge in [0.05, 0.1) is 23.2 Å². The van der Waals surface area contributed by atoms with Crippen LogP contribution in [0.1, 0.15) is 0 Å². The zero-order valence-electron chi connectivity index (χ0n) is 7.05. The third-order valence-electron chi connectivity index (χ3n) is 1.20. The highest BCUT2D eigenvalue weighted by atomic mass is 35.5. The first-order chi connectivity index (χ1) is 6.47. The Labute approximate surface area is 91.1 Å². The van der Waals surface area contributed by atoms with Crippen molar-refractivity contribution in [3.63, 3.8) is 0 Å². The minimum atomic E-state index is -3.40. The van der Waals surface area contributed by atoms with Crippen molar-refractivity contribution in [3.8, 4) is 0 Å². The average molecular weight is 254 g/mol. The van der Waals surface area contributed by atoms with E-state index in [1.165, 1.54) is 24.2 Å². The van der Waals surface area contributed by atoms with Crippen molar-refractivity contribution in [1.82, 2.24) is 9.97 Å². The molecule has 0 aromatic carbocycles. The Morgan fingerprint density at radius 1 is 1.43 bits per heavy atom. The van der Waals surface area contributed by atoms with Crippen molar-refractivity contribution in [1.29, 1.82) is 0 Å². The number of halogens is 1. The summed E-state index contributed by atoms with van der Waals surface area (Å²) in [5.74, 6) is 0.240. The van der Waals surface area contributed by atoms with Gasteiger partial charge in [-0.3, -0.25) is 0 Å². The molecule has 0 atom stereocenters. The fraction of sp³-hybridized carbons (Fsp3) is 0.333. The maximum atomic E-state index is 10.6. The van der Waals surface area contributed by atoms with E-state index in [-0.39, 0.29) is 5.75 Å². The van der Waals surface area contributed by atoms with E-state index in [1.54, 1.807) is 0 Å². The standard InChI is InChI=1S/C6H8ClN3O2S2/c7-5-3-9-6(10-4-5)13-1-2-14(8,11)12/h3-4H,1-2H2,(H2,8,11,12). The molecule has 0 amide bonds. The molecule has 1 aromatic heterocycles. The van der Waals surface area contributed by atoms with Crippen LogP contribution >= 0.6 is 23.4 Å². The van der Waals surface area contributed by atoms with Gasteiger partial charge in [0, 0.05) is 5.75 Å². The molecule has 5 nitrogen and oxygen atoms in total.